The number of carbonyl (C=O) groups excluding carboxylic acids is 4. The molecule has 0 rings (SSSR count). The number of ether oxygens (including phenoxy) is 2. The number of aliphatic carboxylic acids is 1. The molecular formula is C47H86N6O8. The number of esters is 2. The van der Waals surface area contributed by atoms with Crippen LogP contribution in [-0.4, -0.2) is 78.7 Å². The van der Waals surface area contributed by atoms with Crippen LogP contribution in [0.3, 0.4) is 0 Å². The Bertz CT molecular complexity index is 1230. The molecule has 0 heterocycles. The minimum atomic E-state index is -1.45. The van der Waals surface area contributed by atoms with Crippen LogP contribution >= 0.6 is 0 Å². The summed E-state index contributed by atoms with van der Waals surface area (Å²) in [6.45, 7) is 4.23. The molecule has 0 fully saturated rings. The van der Waals surface area contributed by atoms with E-state index in [0.717, 1.165) is 64.2 Å². The second kappa shape index (κ2) is 41.4. The molecular weight excluding hydrogens is 777 g/mol. The maximum absolute atomic E-state index is 13.1. The van der Waals surface area contributed by atoms with Gasteiger partial charge in [0.1, 0.15) is 12.6 Å². The largest absolute Gasteiger partial charge is 0.481 e. The second-order valence-electron chi connectivity index (χ2n) is 16.2. The Balaban J connectivity index is 4.95. The highest BCUT2D eigenvalue weighted by atomic mass is 16.6. The molecule has 3 atom stereocenters. The molecule has 0 aromatic heterocycles. The molecule has 0 aromatic carbocycles. The molecule has 9 N–H and O–H groups in total. The normalized spacial score (nSPS) is 12.8. The highest BCUT2D eigenvalue weighted by Crippen LogP contribution is 2.12. The third-order valence-electron chi connectivity index (χ3n) is 10.4. The van der Waals surface area contributed by atoms with E-state index in [9.17, 15) is 29.1 Å². The number of hydrogen-bond acceptors (Lipinski definition) is 9. The summed E-state index contributed by atoms with van der Waals surface area (Å²) < 4.78 is 11.1. The Morgan fingerprint density at radius 1 is 0.623 bits per heavy atom. The van der Waals surface area contributed by atoms with Crippen LogP contribution in [0.2, 0.25) is 0 Å². The van der Waals surface area contributed by atoms with E-state index in [1.165, 1.54) is 77.0 Å². The van der Waals surface area contributed by atoms with E-state index in [1.807, 2.05) is 0 Å². The lowest BCUT2D eigenvalue weighted by molar-refractivity contribution is -0.159. The summed E-state index contributed by atoms with van der Waals surface area (Å²) in [5.74, 6) is -3.99. The molecule has 14 heteroatoms. The van der Waals surface area contributed by atoms with Gasteiger partial charge in [0, 0.05) is 19.4 Å². The molecule has 0 aliphatic heterocycles. The zero-order valence-corrected chi connectivity index (χ0v) is 38.1. The van der Waals surface area contributed by atoms with Gasteiger partial charge in [-0.15, -0.1) is 0 Å². The van der Waals surface area contributed by atoms with E-state index in [2.05, 4.69) is 54.1 Å². The van der Waals surface area contributed by atoms with E-state index < -0.39 is 54.3 Å². The van der Waals surface area contributed by atoms with Crippen molar-refractivity contribution in [2.24, 2.45) is 11.5 Å². The van der Waals surface area contributed by atoms with Gasteiger partial charge in [0.25, 0.3) is 0 Å². The molecule has 0 aliphatic carbocycles. The van der Waals surface area contributed by atoms with Crippen molar-refractivity contribution in [2.45, 2.75) is 218 Å². The maximum Gasteiger partial charge on any atom is 0.306 e. The van der Waals surface area contributed by atoms with Crippen LogP contribution in [0, 0.1) is 5.41 Å². The summed E-state index contributed by atoms with van der Waals surface area (Å²) in [4.78, 5) is 62.9. The minimum Gasteiger partial charge on any atom is -0.481 e. The van der Waals surface area contributed by atoms with Gasteiger partial charge >= 0.3 is 17.9 Å². The lowest BCUT2D eigenvalue weighted by atomic mass is 10.1. The maximum atomic E-state index is 13.1. The van der Waals surface area contributed by atoms with Crippen LogP contribution in [0.1, 0.15) is 200 Å². The zero-order valence-electron chi connectivity index (χ0n) is 38.1. The van der Waals surface area contributed by atoms with E-state index in [0.29, 0.717) is 25.8 Å². The minimum absolute atomic E-state index is 0.165. The molecule has 2 amide bonds. The van der Waals surface area contributed by atoms with Crippen LogP contribution in [0.15, 0.2) is 24.3 Å². The number of carbonyl (C=O) groups is 5. The van der Waals surface area contributed by atoms with Gasteiger partial charge in [-0.2, -0.15) is 0 Å². The number of rotatable bonds is 42. The standard InChI is InChI=1S/C47H86N6O8/c1-3-5-7-9-11-13-15-17-19-21-23-25-27-29-33-43(56)60-38-39(61-44(57)34-30-28-26-24-22-20-18-16-14-12-10-8-6-4-2)37-52-46(59)41(36-42(54)55)53-45(58)40(48)32-31-35-51-47(49)50/h17-20,39-41H,3-16,21-38,48H2,1-2H3,(H,52,59)(H,53,58)(H,54,55)(H4,49,50,51)/b19-17-,20-18-. The Labute approximate surface area is 368 Å². The van der Waals surface area contributed by atoms with Gasteiger partial charge in [0.05, 0.1) is 19.0 Å². The van der Waals surface area contributed by atoms with Crippen LogP contribution in [0.5, 0.6) is 0 Å². The van der Waals surface area contributed by atoms with Crippen molar-refractivity contribution in [2.75, 3.05) is 19.7 Å². The first-order valence-corrected chi connectivity index (χ1v) is 23.8. The fourth-order valence-corrected chi connectivity index (χ4v) is 6.64. The average molecular weight is 863 g/mol. The molecule has 14 nitrogen and oxygen atoms in total. The quantitative estimate of drug-likeness (QED) is 0.0101. The Morgan fingerprint density at radius 3 is 1.56 bits per heavy atom. The summed E-state index contributed by atoms with van der Waals surface area (Å²) in [6, 6.07) is -2.49. The smallest absolute Gasteiger partial charge is 0.306 e. The Morgan fingerprint density at radius 2 is 1.08 bits per heavy atom. The van der Waals surface area contributed by atoms with Crippen LogP contribution < -0.4 is 27.4 Å². The molecule has 3 unspecified atom stereocenters. The first-order valence-electron chi connectivity index (χ1n) is 23.8. The Kier molecular flexibility index (Phi) is 38.7. The van der Waals surface area contributed by atoms with Crippen molar-refractivity contribution in [3.05, 3.63) is 24.3 Å². The fraction of sp³-hybridized carbons (Fsp3) is 0.787. The van der Waals surface area contributed by atoms with Gasteiger partial charge in [-0.3, -0.25) is 29.4 Å². The number of guanidine groups is 1. The summed E-state index contributed by atoms with van der Waals surface area (Å²) in [7, 11) is 0. The van der Waals surface area contributed by atoms with Gasteiger partial charge in [0.15, 0.2) is 12.1 Å². The fourth-order valence-electron chi connectivity index (χ4n) is 6.64. The topological polar surface area (TPSA) is 236 Å². The zero-order chi connectivity index (χ0) is 45.2. The van der Waals surface area contributed by atoms with E-state index in [-0.39, 0.29) is 38.4 Å². The second-order valence-corrected chi connectivity index (χ2v) is 16.2. The molecule has 0 aliphatic rings. The van der Waals surface area contributed by atoms with Gasteiger partial charge in [-0.25, -0.2) is 0 Å². The monoisotopic (exact) mass is 863 g/mol. The molecule has 352 valence electrons. The molecule has 61 heavy (non-hydrogen) atoms. The number of allylic oxidation sites excluding steroid dienone is 4. The first kappa shape index (κ1) is 57.1. The number of nitrogens with one attached hydrogen (secondary N) is 4. The molecule has 0 saturated carbocycles. The number of amides is 2. The number of hydrogen-bond donors (Lipinski definition) is 7. The van der Waals surface area contributed by atoms with Crippen LogP contribution in [-0.2, 0) is 33.4 Å². The number of unbranched alkanes of at least 4 members (excludes halogenated alkanes) is 20. The summed E-state index contributed by atoms with van der Waals surface area (Å²) >= 11 is 0. The predicted molar refractivity (Wildman–Crippen MR) is 245 cm³/mol. The summed E-state index contributed by atoms with van der Waals surface area (Å²) in [5.41, 5.74) is 11.2. The van der Waals surface area contributed by atoms with Crippen molar-refractivity contribution in [3.63, 3.8) is 0 Å². The molecule has 0 saturated heterocycles. The van der Waals surface area contributed by atoms with E-state index in [4.69, 9.17) is 26.4 Å². The predicted octanol–water partition coefficient (Wildman–Crippen LogP) is 8.40. The average Bonchev–Trinajstić information content (AvgIpc) is 3.22. The van der Waals surface area contributed by atoms with E-state index >= 15 is 0 Å². The van der Waals surface area contributed by atoms with Gasteiger partial charge in [0.2, 0.25) is 11.8 Å². The highest BCUT2D eigenvalue weighted by molar-refractivity contribution is 5.92. The Hall–Kier alpha value is -3.94. The molecule has 0 aromatic rings. The first-order chi connectivity index (χ1) is 29.5. The van der Waals surface area contributed by atoms with Gasteiger partial charge < -0.3 is 42.0 Å². The molecule has 0 radical (unpaired) electrons. The lowest BCUT2D eigenvalue weighted by Crippen LogP contribution is -2.53. The van der Waals surface area contributed by atoms with Crippen molar-refractivity contribution in [1.29, 1.82) is 5.41 Å². The number of carboxylic acid groups (broad SMARTS) is 1. The third kappa shape index (κ3) is 38.7. The van der Waals surface area contributed by atoms with Gasteiger partial charge in [-0.1, -0.05) is 128 Å². The summed E-state index contributed by atoms with van der Waals surface area (Å²) in [5, 5.41) is 24.2. The van der Waals surface area contributed by atoms with Crippen molar-refractivity contribution >= 4 is 35.7 Å². The molecule has 0 spiro atoms. The van der Waals surface area contributed by atoms with Crippen LogP contribution in [0.25, 0.3) is 0 Å². The van der Waals surface area contributed by atoms with Crippen LogP contribution in [0.4, 0.5) is 0 Å². The number of carboxylic acids is 1. The van der Waals surface area contributed by atoms with Crippen molar-refractivity contribution < 1.29 is 38.6 Å². The summed E-state index contributed by atoms with van der Waals surface area (Å²) in [6.07, 6.45) is 35.3. The number of nitrogens with two attached hydrogens (primary N) is 2. The third-order valence-corrected chi connectivity index (χ3v) is 10.4. The van der Waals surface area contributed by atoms with Crippen molar-refractivity contribution in [3.8, 4) is 0 Å². The van der Waals surface area contributed by atoms with Gasteiger partial charge in [-0.05, 0) is 77.0 Å². The molecule has 0 bridgehead atoms. The SMILES string of the molecule is CCCCCCCC/C=C\CCCCCCC(=O)OCC(CNC(=O)C(CC(=O)O)NC(=O)C(N)CCCNC(=N)N)OC(=O)CCCCCC/C=C\CCCCCCCC. The lowest BCUT2D eigenvalue weighted by Gasteiger charge is -2.22. The highest BCUT2D eigenvalue weighted by Gasteiger charge is 2.27. The van der Waals surface area contributed by atoms with Crippen molar-refractivity contribution in [1.82, 2.24) is 16.0 Å². The van der Waals surface area contributed by atoms with E-state index in [1.54, 1.807) is 0 Å².